The van der Waals surface area contributed by atoms with Gasteiger partial charge in [-0.15, -0.1) is 0 Å². The minimum absolute atomic E-state index is 0.106. The van der Waals surface area contributed by atoms with Crippen LogP contribution in [-0.4, -0.2) is 15.9 Å². The smallest absolute Gasteiger partial charge is 0.343 e. The number of pyridine rings is 2. The Morgan fingerprint density at radius 1 is 1.11 bits per heavy atom. The fraction of sp³-hybridized carbons (Fsp3) is 0.312. The number of aryl methyl sites for hydroxylation is 1. The standard InChI is InChI=1S/C16H10F7N3O/c17-9-3-4-24-13(16(21,22)23)11(9)14(27)26-10-2-1-7-5-8(15(18,19)20)6-25-12(7)10/h3-6,10H,1-2H2,(H,26,27). The molecule has 1 N–H and O–H groups in total. The molecule has 0 saturated carbocycles. The predicted molar refractivity (Wildman–Crippen MR) is 77.0 cm³/mol. The molecule has 0 saturated heterocycles. The quantitative estimate of drug-likeness (QED) is 0.783. The molecule has 1 amide bonds. The fourth-order valence-electron chi connectivity index (χ4n) is 2.87. The molecular formula is C16H10F7N3O. The average molecular weight is 393 g/mol. The van der Waals surface area contributed by atoms with Crippen LogP contribution < -0.4 is 5.32 Å². The Morgan fingerprint density at radius 2 is 1.81 bits per heavy atom. The largest absolute Gasteiger partial charge is 0.434 e. The number of halogens is 7. The monoisotopic (exact) mass is 393 g/mol. The molecule has 0 fully saturated rings. The SMILES string of the molecule is O=C(NC1CCc2cc(C(F)(F)F)cnc21)c1c(F)ccnc1C(F)(F)F. The van der Waals surface area contributed by atoms with Gasteiger partial charge in [-0.25, -0.2) is 4.39 Å². The van der Waals surface area contributed by atoms with Crippen LogP contribution in [0.1, 0.15) is 45.3 Å². The topological polar surface area (TPSA) is 54.9 Å². The number of carbonyl (C=O) groups is 1. The summed E-state index contributed by atoms with van der Waals surface area (Å²) in [4.78, 5) is 18.9. The lowest BCUT2D eigenvalue weighted by Gasteiger charge is -2.16. The summed E-state index contributed by atoms with van der Waals surface area (Å²) in [6, 6.07) is 0.552. The second-order valence-corrected chi connectivity index (χ2v) is 5.84. The number of nitrogens with one attached hydrogen (secondary N) is 1. The van der Waals surface area contributed by atoms with Crippen LogP contribution in [0.15, 0.2) is 24.5 Å². The molecule has 1 unspecified atom stereocenters. The molecule has 144 valence electrons. The van der Waals surface area contributed by atoms with E-state index in [9.17, 15) is 35.5 Å². The highest BCUT2D eigenvalue weighted by molar-refractivity contribution is 5.96. The molecule has 0 aliphatic heterocycles. The first-order chi connectivity index (χ1) is 12.5. The van der Waals surface area contributed by atoms with Crippen LogP contribution in [0.2, 0.25) is 0 Å². The van der Waals surface area contributed by atoms with Crippen molar-refractivity contribution in [3.8, 4) is 0 Å². The normalized spacial score (nSPS) is 16.9. The van der Waals surface area contributed by atoms with Crippen molar-refractivity contribution in [3.05, 3.63) is 58.4 Å². The van der Waals surface area contributed by atoms with E-state index in [4.69, 9.17) is 0 Å². The van der Waals surface area contributed by atoms with E-state index in [1.165, 1.54) is 0 Å². The Hall–Kier alpha value is -2.72. The van der Waals surface area contributed by atoms with Crippen LogP contribution in [0, 0.1) is 5.82 Å². The van der Waals surface area contributed by atoms with E-state index in [0.717, 1.165) is 6.07 Å². The summed E-state index contributed by atoms with van der Waals surface area (Å²) in [5.41, 5.74) is -3.60. The number of amides is 1. The van der Waals surface area contributed by atoms with Gasteiger partial charge in [-0.1, -0.05) is 0 Å². The maximum Gasteiger partial charge on any atom is 0.434 e. The molecule has 2 aromatic rings. The third-order valence-corrected chi connectivity index (χ3v) is 4.06. The van der Waals surface area contributed by atoms with Crippen LogP contribution >= 0.6 is 0 Å². The summed E-state index contributed by atoms with van der Waals surface area (Å²) < 4.78 is 90.9. The van der Waals surface area contributed by atoms with E-state index in [-0.39, 0.29) is 24.1 Å². The summed E-state index contributed by atoms with van der Waals surface area (Å²) in [6.07, 6.45) is -8.22. The van der Waals surface area contributed by atoms with Gasteiger partial charge in [0.05, 0.1) is 17.3 Å². The molecule has 0 bridgehead atoms. The maximum atomic E-state index is 13.8. The Bertz CT molecular complexity index is 893. The molecule has 2 heterocycles. The molecule has 1 aliphatic rings. The van der Waals surface area contributed by atoms with Gasteiger partial charge >= 0.3 is 12.4 Å². The first-order valence-electron chi connectivity index (χ1n) is 7.57. The highest BCUT2D eigenvalue weighted by Gasteiger charge is 2.40. The zero-order valence-corrected chi connectivity index (χ0v) is 13.2. The number of hydrogen-bond acceptors (Lipinski definition) is 3. The molecule has 3 rings (SSSR count). The van der Waals surface area contributed by atoms with Gasteiger partial charge in [0.1, 0.15) is 11.4 Å². The van der Waals surface area contributed by atoms with E-state index in [1.54, 1.807) is 0 Å². The summed E-state index contributed by atoms with van der Waals surface area (Å²) >= 11 is 0. The van der Waals surface area contributed by atoms with Crippen molar-refractivity contribution in [1.82, 2.24) is 15.3 Å². The molecule has 11 heteroatoms. The second kappa shape index (κ2) is 6.46. The van der Waals surface area contributed by atoms with Crippen molar-refractivity contribution in [2.24, 2.45) is 0 Å². The van der Waals surface area contributed by atoms with Gasteiger partial charge < -0.3 is 5.32 Å². The molecule has 2 aromatic heterocycles. The Labute approximate surface area is 147 Å². The number of nitrogens with zero attached hydrogens (tertiary/aromatic N) is 2. The first kappa shape index (κ1) is 19.1. The average Bonchev–Trinajstić information content (AvgIpc) is 2.95. The summed E-state index contributed by atoms with van der Waals surface area (Å²) in [5, 5.41) is 2.20. The first-order valence-corrected chi connectivity index (χ1v) is 7.57. The summed E-state index contributed by atoms with van der Waals surface area (Å²) in [5.74, 6) is -2.78. The van der Waals surface area contributed by atoms with Crippen LogP contribution in [-0.2, 0) is 18.8 Å². The third-order valence-electron chi connectivity index (χ3n) is 4.06. The Morgan fingerprint density at radius 3 is 2.44 bits per heavy atom. The van der Waals surface area contributed by atoms with Gasteiger partial charge in [0.15, 0.2) is 5.69 Å². The molecule has 1 aliphatic carbocycles. The van der Waals surface area contributed by atoms with Crippen LogP contribution in [0.25, 0.3) is 0 Å². The van der Waals surface area contributed by atoms with Crippen LogP contribution in [0.3, 0.4) is 0 Å². The molecule has 1 atom stereocenters. The van der Waals surface area contributed by atoms with Gasteiger partial charge in [0, 0.05) is 12.4 Å². The van der Waals surface area contributed by atoms with Crippen molar-refractivity contribution >= 4 is 5.91 Å². The van der Waals surface area contributed by atoms with E-state index in [1.807, 2.05) is 0 Å². The minimum Gasteiger partial charge on any atom is -0.343 e. The Kier molecular flexibility index (Phi) is 4.56. The number of aromatic nitrogens is 2. The van der Waals surface area contributed by atoms with E-state index < -0.39 is 46.9 Å². The third kappa shape index (κ3) is 3.71. The molecule has 4 nitrogen and oxygen atoms in total. The molecule has 0 aromatic carbocycles. The minimum atomic E-state index is -5.05. The van der Waals surface area contributed by atoms with Crippen molar-refractivity contribution in [2.45, 2.75) is 31.2 Å². The van der Waals surface area contributed by atoms with Crippen molar-refractivity contribution in [2.75, 3.05) is 0 Å². The van der Waals surface area contributed by atoms with Crippen molar-refractivity contribution < 1.29 is 35.5 Å². The van der Waals surface area contributed by atoms with E-state index in [0.29, 0.717) is 18.5 Å². The van der Waals surface area contributed by atoms with E-state index >= 15 is 0 Å². The lowest BCUT2D eigenvalue weighted by atomic mass is 10.1. The number of alkyl halides is 6. The van der Waals surface area contributed by atoms with Gasteiger partial charge in [-0.2, -0.15) is 26.3 Å². The van der Waals surface area contributed by atoms with Crippen LogP contribution in [0.4, 0.5) is 30.7 Å². The van der Waals surface area contributed by atoms with Crippen molar-refractivity contribution in [1.29, 1.82) is 0 Å². The van der Waals surface area contributed by atoms with Gasteiger partial charge in [-0.3, -0.25) is 14.8 Å². The highest BCUT2D eigenvalue weighted by atomic mass is 19.4. The zero-order chi connectivity index (χ0) is 20.0. The number of hydrogen-bond donors (Lipinski definition) is 1. The highest BCUT2D eigenvalue weighted by Crippen LogP contribution is 2.36. The molecular weight excluding hydrogens is 383 g/mol. The Balaban J connectivity index is 1.88. The summed E-state index contributed by atoms with van der Waals surface area (Å²) in [7, 11) is 0. The number of fused-ring (bicyclic) bond motifs is 1. The number of carbonyl (C=O) groups excluding carboxylic acids is 1. The molecule has 27 heavy (non-hydrogen) atoms. The van der Waals surface area contributed by atoms with Gasteiger partial charge in [0.2, 0.25) is 0 Å². The maximum absolute atomic E-state index is 13.8. The van der Waals surface area contributed by atoms with E-state index in [2.05, 4.69) is 15.3 Å². The summed E-state index contributed by atoms with van der Waals surface area (Å²) in [6.45, 7) is 0. The zero-order valence-electron chi connectivity index (χ0n) is 13.2. The molecule has 0 radical (unpaired) electrons. The van der Waals surface area contributed by atoms with Crippen molar-refractivity contribution in [3.63, 3.8) is 0 Å². The van der Waals surface area contributed by atoms with Crippen LogP contribution in [0.5, 0.6) is 0 Å². The lowest BCUT2D eigenvalue weighted by Crippen LogP contribution is -2.31. The van der Waals surface area contributed by atoms with Gasteiger partial charge in [0.25, 0.3) is 5.91 Å². The fourth-order valence-corrected chi connectivity index (χ4v) is 2.87. The van der Waals surface area contributed by atoms with Gasteiger partial charge in [-0.05, 0) is 30.5 Å². The predicted octanol–water partition coefficient (Wildman–Crippen LogP) is 4.07. The molecule has 0 spiro atoms. The number of rotatable bonds is 2. The lowest BCUT2D eigenvalue weighted by molar-refractivity contribution is -0.141. The second-order valence-electron chi connectivity index (χ2n) is 5.84.